The van der Waals surface area contributed by atoms with Crippen molar-refractivity contribution in [2.24, 2.45) is 0 Å². The number of hydrogen-bond donors (Lipinski definition) is 0. The average Bonchev–Trinajstić information content (AvgIpc) is 2.87. The predicted octanol–water partition coefficient (Wildman–Crippen LogP) is 5.99. The van der Waals surface area contributed by atoms with Gasteiger partial charge in [-0.15, -0.1) is 0 Å². The van der Waals surface area contributed by atoms with Crippen LogP contribution in [0, 0.1) is 0 Å². The van der Waals surface area contributed by atoms with Gasteiger partial charge in [0.1, 0.15) is 5.69 Å². The molecular weight excluding hydrogens is 445 g/mol. The van der Waals surface area contributed by atoms with Crippen molar-refractivity contribution < 1.29 is 35.9 Å². The van der Waals surface area contributed by atoms with E-state index in [4.69, 9.17) is 23.2 Å². The average molecular weight is 453 g/mol. The maximum Gasteiger partial charge on any atom is 0.446 e. The zero-order chi connectivity index (χ0) is 20.6. The topological polar surface area (TPSA) is 44.1 Å². The van der Waals surface area contributed by atoms with Crippen molar-refractivity contribution in [3.8, 4) is 5.69 Å². The zero-order valence-corrected chi connectivity index (χ0v) is 15.4. The van der Waals surface area contributed by atoms with Gasteiger partial charge >= 0.3 is 17.7 Å². The van der Waals surface area contributed by atoms with Gasteiger partial charge in [0.15, 0.2) is 5.69 Å². The summed E-state index contributed by atoms with van der Waals surface area (Å²) < 4.78 is 81.9. The van der Waals surface area contributed by atoms with Crippen LogP contribution in [-0.2, 0) is 10.9 Å². The van der Waals surface area contributed by atoms with Crippen LogP contribution in [0.15, 0.2) is 23.2 Å². The van der Waals surface area contributed by atoms with Gasteiger partial charge < -0.3 is 4.74 Å². The number of esters is 1. The molecule has 148 valence electrons. The molecule has 0 spiro atoms. The first-order chi connectivity index (χ1) is 12.3. The Hall–Kier alpha value is -1.59. The molecule has 0 amide bonds. The van der Waals surface area contributed by atoms with Crippen molar-refractivity contribution in [2.75, 3.05) is 6.61 Å². The lowest BCUT2D eigenvalue weighted by atomic mass is 10.2. The third-order valence-corrected chi connectivity index (χ3v) is 4.27. The molecule has 0 bridgehead atoms. The van der Waals surface area contributed by atoms with Crippen molar-refractivity contribution in [1.29, 1.82) is 0 Å². The van der Waals surface area contributed by atoms with E-state index in [1.807, 2.05) is 0 Å². The van der Waals surface area contributed by atoms with Gasteiger partial charge in [0.25, 0.3) is 0 Å². The predicted molar refractivity (Wildman–Crippen MR) is 86.5 cm³/mol. The van der Waals surface area contributed by atoms with Crippen molar-refractivity contribution in [3.63, 3.8) is 0 Å². The van der Waals surface area contributed by atoms with E-state index in [1.165, 1.54) is 6.92 Å². The highest BCUT2D eigenvalue weighted by atomic mass is 35.5. The van der Waals surface area contributed by atoms with Crippen LogP contribution in [-0.4, -0.2) is 27.9 Å². The third kappa shape index (κ3) is 5.23. The number of halogens is 8. The van der Waals surface area contributed by atoms with Gasteiger partial charge in [0.05, 0.1) is 27.1 Å². The molecule has 2 aromatic rings. The summed E-state index contributed by atoms with van der Waals surface area (Å²) in [7, 11) is 0. The van der Waals surface area contributed by atoms with E-state index in [1.54, 1.807) is 0 Å². The number of thioether (sulfide) groups is 1. The molecule has 1 aromatic carbocycles. The lowest BCUT2D eigenvalue weighted by Gasteiger charge is -2.12. The Bertz CT molecular complexity index is 843. The quantitative estimate of drug-likeness (QED) is 0.324. The Morgan fingerprint density at radius 2 is 1.74 bits per heavy atom. The molecule has 2 rings (SSSR count). The lowest BCUT2D eigenvalue weighted by molar-refractivity contribution is -0.137. The van der Waals surface area contributed by atoms with E-state index >= 15 is 0 Å². The van der Waals surface area contributed by atoms with Gasteiger partial charge in [-0.1, -0.05) is 23.2 Å². The Morgan fingerprint density at radius 1 is 1.19 bits per heavy atom. The maximum atomic E-state index is 12.8. The fourth-order valence-electron chi connectivity index (χ4n) is 1.96. The number of rotatable bonds is 4. The summed E-state index contributed by atoms with van der Waals surface area (Å²) in [5.74, 6) is -1.14. The molecule has 0 saturated carbocycles. The Balaban J connectivity index is 2.59. The summed E-state index contributed by atoms with van der Waals surface area (Å²) in [5.41, 5.74) is -6.89. The first kappa shape index (κ1) is 21.7. The molecule has 4 nitrogen and oxygen atoms in total. The number of carbonyl (C=O) groups excluding carboxylic acids is 1. The summed E-state index contributed by atoms with van der Waals surface area (Å²) in [4.78, 5) is 11.2. The third-order valence-electron chi connectivity index (χ3n) is 2.95. The van der Waals surface area contributed by atoms with E-state index in [-0.39, 0.29) is 12.3 Å². The van der Waals surface area contributed by atoms with Crippen LogP contribution in [0.2, 0.25) is 10.0 Å². The number of aromatic nitrogens is 2. The minimum absolute atomic E-state index is 0.121. The summed E-state index contributed by atoms with van der Waals surface area (Å²) in [6, 6.07) is 1.09. The molecule has 27 heavy (non-hydrogen) atoms. The van der Waals surface area contributed by atoms with Crippen molar-refractivity contribution >= 4 is 40.9 Å². The number of benzene rings is 1. The minimum atomic E-state index is -4.75. The second kappa shape index (κ2) is 7.80. The maximum absolute atomic E-state index is 12.8. The minimum Gasteiger partial charge on any atom is -0.461 e. The number of nitrogens with zero attached hydrogens (tertiary/aromatic N) is 2. The van der Waals surface area contributed by atoms with Gasteiger partial charge in [0, 0.05) is 6.20 Å². The number of hydrogen-bond acceptors (Lipinski definition) is 4. The van der Waals surface area contributed by atoms with Gasteiger partial charge in [0.2, 0.25) is 0 Å². The molecule has 13 heteroatoms. The first-order valence-corrected chi connectivity index (χ1v) is 8.50. The summed E-state index contributed by atoms with van der Waals surface area (Å²) >= 11 is 11.0. The first-order valence-electron chi connectivity index (χ1n) is 6.92. The van der Waals surface area contributed by atoms with Gasteiger partial charge in [-0.25, -0.2) is 9.48 Å². The van der Waals surface area contributed by atoms with E-state index in [0.717, 1.165) is 6.20 Å². The number of carbonyl (C=O) groups is 1. The monoisotopic (exact) mass is 452 g/mol. The Kier molecular flexibility index (Phi) is 6.27. The van der Waals surface area contributed by atoms with E-state index in [9.17, 15) is 31.1 Å². The fourth-order valence-corrected chi connectivity index (χ4v) is 3.24. The van der Waals surface area contributed by atoms with Crippen LogP contribution in [0.4, 0.5) is 26.3 Å². The van der Waals surface area contributed by atoms with Crippen molar-refractivity contribution in [2.45, 2.75) is 23.5 Å². The van der Waals surface area contributed by atoms with Crippen LogP contribution in [0.25, 0.3) is 5.69 Å². The molecular formula is C14H8Cl2F6N2O2S. The van der Waals surface area contributed by atoms with E-state index < -0.39 is 55.6 Å². The largest absolute Gasteiger partial charge is 0.461 e. The molecule has 0 atom stereocenters. The van der Waals surface area contributed by atoms with E-state index in [2.05, 4.69) is 9.84 Å². The van der Waals surface area contributed by atoms with Crippen molar-refractivity contribution in [1.82, 2.24) is 9.78 Å². The van der Waals surface area contributed by atoms with Crippen LogP contribution in [0.5, 0.6) is 0 Å². The molecule has 1 heterocycles. The Morgan fingerprint density at radius 3 is 2.19 bits per heavy atom. The summed E-state index contributed by atoms with van der Waals surface area (Å²) in [6.07, 6.45) is -3.95. The molecule has 0 aliphatic heterocycles. The Labute approximate surface area is 162 Å². The van der Waals surface area contributed by atoms with Gasteiger partial charge in [-0.05, 0) is 30.8 Å². The molecule has 0 radical (unpaired) electrons. The summed E-state index contributed by atoms with van der Waals surface area (Å²) in [5, 5.41) is 2.63. The van der Waals surface area contributed by atoms with E-state index in [0.29, 0.717) is 16.8 Å². The number of alkyl halides is 6. The van der Waals surface area contributed by atoms with Crippen molar-refractivity contribution in [3.05, 3.63) is 39.6 Å². The molecule has 0 unspecified atom stereocenters. The SMILES string of the molecule is CCOC(=O)c1nn(-c2c(Cl)cc(C(F)(F)F)cc2Cl)cc1SC(F)(F)F. The normalized spacial score (nSPS) is 12.3. The molecule has 1 aromatic heterocycles. The summed E-state index contributed by atoms with van der Waals surface area (Å²) in [6.45, 7) is 1.32. The van der Waals surface area contributed by atoms with Crippen LogP contribution in [0.3, 0.4) is 0 Å². The van der Waals surface area contributed by atoms with Crippen LogP contribution < -0.4 is 0 Å². The van der Waals surface area contributed by atoms with Crippen LogP contribution in [0.1, 0.15) is 23.0 Å². The highest BCUT2D eigenvalue weighted by molar-refractivity contribution is 8.00. The molecule has 0 N–H and O–H groups in total. The number of ether oxygens (including phenoxy) is 1. The molecule has 0 aliphatic carbocycles. The smallest absolute Gasteiger partial charge is 0.446 e. The lowest BCUT2D eigenvalue weighted by Crippen LogP contribution is -2.09. The highest BCUT2D eigenvalue weighted by Gasteiger charge is 2.35. The molecule has 0 saturated heterocycles. The van der Waals surface area contributed by atoms with Gasteiger partial charge in [-0.3, -0.25) is 0 Å². The second-order valence-corrected chi connectivity index (χ2v) is 6.76. The molecule has 0 aliphatic rings. The zero-order valence-electron chi connectivity index (χ0n) is 13.1. The standard InChI is InChI=1S/C14H8Cl2F6N2O2S/c1-2-26-12(25)10-9(27-14(20,21)22)5-24(23-10)11-7(15)3-6(4-8(11)16)13(17,18)19/h3-5H,2H2,1H3. The highest BCUT2D eigenvalue weighted by Crippen LogP contribution is 2.41. The second-order valence-electron chi connectivity index (χ2n) is 4.84. The molecule has 0 fully saturated rings. The fraction of sp³-hybridized carbons (Fsp3) is 0.286. The van der Waals surface area contributed by atoms with Gasteiger partial charge in [-0.2, -0.15) is 31.4 Å². The van der Waals surface area contributed by atoms with Crippen LogP contribution >= 0.6 is 35.0 Å².